The van der Waals surface area contributed by atoms with Gasteiger partial charge in [0, 0.05) is 148 Å². The number of esters is 9. The summed E-state index contributed by atoms with van der Waals surface area (Å²) in [7, 11) is 0. The Morgan fingerprint density at radius 3 is 0.906 bits per heavy atom. The first-order valence-corrected chi connectivity index (χ1v) is 39.0. The monoisotopic (exact) mass is 1670 g/mol. The minimum atomic E-state index is -1.40. The van der Waals surface area contributed by atoms with Crippen molar-refractivity contribution < 1.29 is 162 Å². The number of carboxylic acids is 1. The van der Waals surface area contributed by atoms with Gasteiger partial charge >= 0.3 is 59.7 Å². The molecule has 42 nitrogen and oxygen atoms in total. The Morgan fingerprint density at radius 2 is 0.598 bits per heavy atom. The molecule has 3 fully saturated rings. The molecule has 0 spiro atoms. The maximum Gasteiger partial charge on any atom is 0.303 e. The molecule has 0 aromatic rings. The molecule has 42 heteroatoms. The smallest absolute Gasteiger partial charge is 0.303 e. The molecule has 0 aromatic carbocycles. The minimum absolute atomic E-state index is 0.00773. The van der Waals surface area contributed by atoms with Crippen molar-refractivity contribution >= 4 is 107 Å². The maximum absolute atomic E-state index is 14.5. The Morgan fingerprint density at radius 1 is 0.308 bits per heavy atom. The zero-order chi connectivity index (χ0) is 87.3. The van der Waals surface area contributed by atoms with E-state index in [9.17, 15) is 86.3 Å². The lowest BCUT2D eigenvalue weighted by Crippen LogP contribution is -2.66. The third-order valence-electron chi connectivity index (χ3n) is 17.6. The highest BCUT2D eigenvalue weighted by atomic mass is 16.7. The second-order valence-electron chi connectivity index (χ2n) is 28.0. The van der Waals surface area contributed by atoms with Gasteiger partial charge in [-0.3, -0.25) is 86.3 Å². The second-order valence-corrected chi connectivity index (χ2v) is 28.0. The lowest BCUT2D eigenvalue weighted by Gasteiger charge is -2.44. The number of ether oxygens (including phenoxy) is 15. The van der Waals surface area contributed by atoms with Gasteiger partial charge in [-0.1, -0.05) is 6.42 Å². The molecule has 0 aliphatic carbocycles. The van der Waals surface area contributed by atoms with Crippen molar-refractivity contribution in [3.05, 3.63) is 0 Å². The Labute approximate surface area is 678 Å². The van der Waals surface area contributed by atoms with Crippen LogP contribution in [0.3, 0.4) is 0 Å². The molecule has 117 heavy (non-hydrogen) atoms. The SMILES string of the molecule is CC(=O)N[C@H]1[C@H](OCCCCC(=O)NCCCC[C@H](NC(=O)CCCCO[C@@H]2O[C@H](COC(C)=O)[C@H](OC(C)=O)[C@H](OC(C)=O)[C@H]2NC(C)=O)C(=O)N[C@@H](CCCCNC(=O)CCCCO[C@@H]2O[C@H](COC(C)=O)[C@H](OC(C)=O)[C@H](OC(C)=O)[C@H]2NC(C)=O)C(=O)NCCCCCC(=O)O)O[C@H](COC(C)=O)[C@H](OC(C)=O)[C@@H]1OC(C)=O. The molecule has 9 N–H and O–H groups in total. The summed E-state index contributed by atoms with van der Waals surface area (Å²) in [6.07, 6.45) is -12.4. The summed E-state index contributed by atoms with van der Waals surface area (Å²) in [6, 6.07) is -6.14. The predicted molar refractivity (Wildman–Crippen MR) is 398 cm³/mol. The van der Waals surface area contributed by atoms with Gasteiger partial charge in [-0.15, -0.1) is 0 Å². The van der Waals surface area contributed by atoms with Crippen LogP contribution in [0.15, 0.2) is 0 Å². The van der Waals surface area contributed by atoms with Crippen LogP contribution in [-0.2, 0) is 157 Å². The Bertz CT molecular complexity index is 3310. The van der Waals surface area contributed by atoms with E-state index in [1.165, 1.54) is 20.8 Å². The first-order chi connectivity index (χ1) is 55.3. The fraction of sp³-hybridized carbons (Fsp3) is 0.760. The number of amides is 8. The molecule has 662 valence electrons. The molecule has 0 saturated carbocycles. The van der Waals surface area contributed by atoms with Crippen LogP contribution in [-0.4, -0.2) is 275 Å². The van der Waals surface area contributed by atoms with Gasteiger partial charge in [-0.2, -0.15) is 0 Å². The van der Waals surface area contributed by atoms with Gasteiger partial charge in [0.05, 0.1) is 0 Å². The first-order valence-electron chi connectivity index (χ1n) is 39.0. The van der Waals surface area contributed by atoms with Crippen molar-refractivity contribution in [3.8, 4) is 0 Å². The van der Waals surface area contributed by atoms with Crippen LogP contribution < -0.4 is 42.5 Å². The van der Waals surface area contributed by atoms with Gasteiger partial charge in [0.15, 0.2) is 55.5 Å². The van der Waals surface area contributed by atoms with Gasteiger partial charge in [0.1, 0.15) is 68.3 Å². The molecule has 0 radical (unpaired) electrons. The zero-order valence-corrected chi connectivity index (χ0v) is 68.5. The summed E-state index contributed by atoms with van der Waals surface area (Å²) in [5.74, 6) is -12.3. The predicted octanol–water partition coefficient (Wildman–Crippen LogP) is -0.181. The fourth-order valence-electron chi connectivity index (χ4n) is 12.6. The zero-order valence-electron chi connectivity index (χ0n) is 68.5. The summed E-state index contributed by atoms with van der Waals surface area (Å²) in [5.41, 5.74) is 0. The molecule has 3 saturated heterocycles. The van der Waals surface area contributed by atoms with E-state index < -0.39 is 219 Å². The molecule has 0 bridgehead atoms. The molecular formula is C75H118N8O34. The summed E-state index contributed by atoms with van der Waals surface area (Å²) in [6.45, 7) is 12.3. The maximum atomic E-state index is 14.5. The number of unbranched alkanes of at least 4 members (excludes halogenated alkanes) is 7. The Kier molecular flexibility index (Phi) is 47.7. The van der Waals surface area contributed by atoms with Crippen molar-refractivity contribution in [1.29, 1.82) is 0 Å². The summed E-state index contributed by atoms with van der Waals surface area (Å²) >= 11 is 0. The van der Waals surface area contributed by atoms with Gasteiger partial charge < -0.3 is 119 Å². The van der Waals surface area contributed by atoms with E-state index in [4.69, 9.17) is 76.2 Å². The van der Waals surface area contributed by atoms with E-state index in [1.54, 1.807) is 0 Å². The highest BCUT2D eigenvalue weighted by Crippen LogP contribution is 2.32. The number of hydrogen-bond donors (Lipinski definition) is 9. The van der Waals surface area contributed by atoms with Crippen molar-refractivity contribution in [3.63, 3.8) is 0 Å². The van der Waals surface area contributed by atoms with Crippen LogP contribution in [0.1, 0.15) is 205 Å². The van der Waals surface area contributed by atoms with Crippen molar-refractivity contribution in [2.45, 2.75) is 309 Å². The normalized spacial score (nSPS) is 23.1. The summed E-state index contributed by atoms with van der Waals surface area (Å²) < 4.78 is 84.5. The van der Waals surface area contributed by atoms with E-state index in [-0.39, 0.29) is 148 Å². The van der Waals surface area contributed by atoms with Gasteiger partial charge in [-0.05, 0) is 89.9 Å². The quantitative estimate of drug-likeness (QED) is 0.0217. The molecule has 8 amide bonds. The van der Waals surface area contributed by atoms with Crippen LogP contribution in [0.4, 0.5) is 0 Å². The number of carbonyl (C=O) groups is 18. The average molecular weight is 1680 g/mol. The van der Waals surface area contributed by atoms with E-state index in [2.05, 4.69) is 42.5 Å². The molecule has 0 aromatic heterocycles. The standard InChI is InChI=1S/C75H118N8O34/c1-41(84)79-62-68(112-50(10)93)65(109-47(7)90)55(38-106-44(4)87)115-73(62)103-35-23-17-28-58(96)76-32-21-15-26-53(71(101)78-34-20-13-14-31-61(99)100)83-72(102)54(82-60(98)30-19-25-37-105-75-64(81-43(3)86)70(114-52(12)95)67(111-49(9)92)57(117-75)40-108-46(6)89)27-16-22-33-77-59(97)29-18-24-36-104-74-63(80-42(2)85)69(113-51(11)94)66(110-48(8)91)56(116-74)39-107-45(5)88/h53-57,62-70,73-75H,13-40H2,1-12H3,(H,76,96)(H,77,97)(H,78,101)(H,79,84)(H,80,85)(H,81,86)(H,82,98)(H,83,102)(H,99,100)/t53-,54-,55+,56+,57+,62+,63+,64+,65-,66-,67-,68+,69+,70+,73+,74+,75+/m0/s1. The molecule has 17 atom stereocenters. The van der Waals surface area contributed by atoms with E-state index >= 15 is 0 Å². The number of carboxylic acid groups (broad SMARTS) is 1. The van der Waals surface area contributed by atoms with Gasteiger partial charge in [0.2, 0.25) is 47.3 Å². The first kappa shape index (κ1) is 101. The van der Waals surface area contributed by atoms with E-state index in [1.807, 2.05) is 0 Å². The second kappa shape index (κ2) is 55.0. The topological polar surface area (TPSA) is 562 Å². The van der Waals surface area contributed by atoms with E-state index in [0.29, 0.717) is 25.7 Å². The molecule has 3 rings (SSSR count). The van der Waals surface area contributed by atoms with Crippen molar-refractivity contribution in [1.82, 2.24) is 42.5 Å². The number of nitrogens with one attached hydrogen (secondary N) is 8. The van der Waals surface area contributed by atoms with Crippen LogP contribution in [0.5, 0.6) is 0 Å². The molecular weight excluding hydrogens is 1560 g/mol. The largest absolute Gasteiger partial charge is 0.481 e. The summed E-state index contributed by atoms with van der Waals surface area (Å²) in [5, 5.41) is 31.0. The van der Waals surface area contributed by atoms with E-state index in [0.717, 1.165) is 62.3 Å². The summed E-state index contributed by atoms with van der Waals surface area (Å²) in [4.78, 5) is 226. The number of aliphatic carboxylic acids is 1. The Hall–Kier alpha value is -9.78. The number of rotatable bonds is 53. The number of carbonyl (C=O) groups excluding carboxylic acids is 17. The third kappa shape index (κ3) is 41.8. The van der Waals surface area contributed by atoms with Crippen molar-refractivity contribution in [2.75, 3.05) is 59.3 Å². The van der Waals surface area contributed by atoms with Crippen LogP contribution in [0.25, 0.3) is 0 Å². The van der Waals surface area contributed by atoms with Crippen LogP contribution in [0.2, 0.25) is 0 Å². The molecule has 3 heterocycles. The van der Waals surface area contributed by atoms with Crippen molar-refractivity contribution in [2.24, 2.45) is 0 Å². The fourth-order valence-corrected chi connectivity index (χ4v) is 12.6. The Balaban J connectivity index is 1.78. The molecule has 0 unspecified atom stereocenters. The van der Waals surface area contributed by atoms with Crippen LogP contribution >= 0.6 is 0 Å². The third-order valence-corrected chi connectivity index (χ3v) is 17.6. The molecule has 3 aliphatic rings. The van der Waals surface area contributed by atoms with Crippen LogP contribution in [0, 0.1) is 0 Å². The lowest BCUT2D eigenvalue weighted by molar-refractivity contribution is -0.277. The van der Waals surface area contributed by atoms with Gasteiger partial charge in [-0.25, -0.2) is 0 Å². The highest BCUT2D eigenvalue weighted by molar-refractivity contribution is 5.92. The minimum Gasteiger partial charge on any atom is -0.481 e. The average Bonchev–Trinajstić information content (AvgIpc) is 0.797. The molecule has 3 aliphatic heterocycles. The van der Waals surface area contributed by atoms with Gasteiger partial charge in [0.25, 0.3) is 0 Å². The number of hydrogen-bond acceptors (Lipinski definition) is 33. The lowest BCUT2D eigenvalue weighted by atomic mass is 9.96. The highest BCUT2D eigenvalue weighted by Gasteiger charge is 2.54.